The smallest absolute Gasteiger partial charge is 0.192 e. The minimum atomic E-state index is -1.76. The molecule has 0 aromatic rings. The molecular formula is C25H44O4Si. The molecule has 0 saturated carbocycles. The molecule has 0 aliphatic heterocycles. The normalized spacial score (nSPS) is 24.5. The Kier molecular flexibility index (Phi) is 10.5. The summed E-state index contributed by atoms with van der Waals surface area (Å²) in [5, 5.41) is 11.0. The summed E-state index contributed by atoms with van der Waals surface area (Å²) in [6.07, 6.45) is 2.90. The topological polar surface area (TPSA) is 47.9 Å². The van der Waals surface area contributed by atoms with Gasteiger partial charge in [0.15, 0.2) is 8.32 Å². The molecule has 172 valence electrons. The van der Waals surface area contributed by atoms with Crippen molar-refractivity contribution in [1.29, 1.82) is 0 Å². The van der Waals surface area contributed by atoms with E-state index in [0.29, 0.717) is 13.0 Å². The minimum Gasteiger partial charge on any atom is -0.416 e. The second kappa shape index (κ2) is 11.6. The molecule has 3 unspecified atom stereocenters. The lowest BCUT2D eigenvalue weighted by Crippen LogP contribution is -2.41. The van der Waals surface area contributed by atoms with Crippen molar-refractivity contribution in [3.8, 4) is 11.8 Å². The Morgan fingerprint density at radius 1 is 1.37 bits per heavy atom. The quantitative estimate of drug-likeness (QED) is 0.169. The van der Waals surface area contributed by atoms with E-state index < -0.39 is 14.4 Å². The molecule has 5 atom stereocenters. The molecule has 0 heterocycles. The lowest BCUT2D eigenvalue weighted by Gasteiger charge is -2.41. The first-order chi connectivity index (χ1) is 13.8. The van der Waals surface area contributed by atoms with Crippen molar-refractivity contribution >= 4 is 8.32 Å². The third kappa shape index (κ3) is 7.66. The Balaban J connectivity index is 2.82. The van der Waals surface area contributed by atoms with Crippen LogP contribution in [-0.2, 0) is 13.9 Å². The highest BCUT2D eigenvalue weighted by atomic mass is 28.4. The number of hydrogen-bond donors (Lipinski definition) is 1. The fourth-order valence-electron chi connectivity index (χ4n) is 3.74. The second-order valence-electron chi connectivity index (χ2n) is 10.3. The molecule has 1 aliphatic carbocycles. The van der Waals surface area contributed by atoms with Gasteiger partial charge in [0.1, 0.15) is 12.9 Å². The zero-order valence-corrected chi connectivity index (χ0v) is 21.7. The Labute approximate surface area is 186 Å². The van der Waals surface area contributed by atoms with E-state index in [1.54, 1.807) is 7.11 Å². The van der Waals surface area contributed by atoms with Gasteiger partial charge in [-0.05, 0) is 50.2 Å². The monoisotopic (exact) mass is 436 g/mol. The van der Waals surface area contributed by atoms with Crippen LogP contribution in [0.3, 0.4) is 0 Å². The van der Waals surface area contributed by atoms with Crippen molar-refractivity contribution in [3.05, 3.63) is 23.8 Å². The van der Waals surface area contributed by atoms with Gasteiger partial charge in [-0.15, -0.1) is 0 Å². The lowest BCUT2D eigenvalue weighted by molar-refractivity contribution is -0.0968. The number of hydrogen-bond acceptors (Lipinski definition) is 4. The largest absolute Gasteiger partial charge is 0.416 e. The number of ether oxygens (including phenoxy) is 2. The summed E-state index contributed by atoms with van der Waals surface area (Å²) in [7, 11) is -0.131. The molecule has 4 nitrogen and oxygen atoms in total. The van der Waals surface area contributed by atoms with E-state index in [-0.39, 0.29) is 35.7 Å². The third-order valence-corrected chi connectivity index (χ3v) is 11.2. The first-order valence-corrected chi connectivity index (χ1v) is 14.0. The van der Waals surface area contributed by atoms with Crippen molar-refractivity contribution < 1.29 is 19.0 Å². The van der Waals surface area contributed by atoms with E-state index >= 15 is 0 Å². The van der Waals surface area contributed by atoms with Gasteiger partial charge in [0.25, 0.3) is 0 Å². The van der Waals surface area contributed by atoms with Gasteiger partial charge in [-0.2, -0.15) is 0 Å². The summed E-state index contributed by atoms with van der Waals surface area (Å²) in [5.41, 5.74) is 2.41. The SMILES string of the molecule is C=C(C)[C@@H]1CC(C)=C[C@@H](OCOC)C1C(C)C(O)C#CCCO[Si](C)(C)C(C)(C)C. The van der Waals surface area contributed by atoms with Gasteiger partial charge in [0, 0.05) is 26.1 Å². The average molecular weight is 437 g/mol. The van der Waals surface area contributed by atoms with E-state index in [1.807, 2.05) is 0 Å². The predicted molar refractivity (Wildman–Crippen MR) is 128 cm³/mol. The fourth-order valence-corrected chi connectivity index (χ4v) is 4.78. The summed E-state index contributed by atoms with van der Waals surface area (Å²) >= 11 is 0. The maximum absolute atomic E-state index is 10.8. The Hall–Kier alpha value is -0.903. The summed E-state index contributed by atoms with van der Waals surface area (Å²) in [5.74, 6) is 6.50. The maximum Gasteiger partial charge on any atom is 0.192 e. The van der Waals surface area contributed by atoms with Crippen molar-refractivity contribution in [3.63, 3.8) is 0 Å². The van der Waals surface area contributed by atoms with Crippen molar-refractivity contribution in [2.75, 3.05) is 20.5 Å². The van der Waals surface area contributed by atoms with Crippen LogP contribution in [0.5, 0.6) is 0 Å². The highest BCUT2D eigenvalue weighted by molar-refractivity contribution is 6.74. The van der Waals surface area contributed by atoms with Crippen LogP contribution in [0.25, 0.3) is 0 Å². The summed E-state index contributed by atoms with van der Waals surface area (Å²) in [6.45, 7) is 22.5. The minimum absolute atomic E-state index is 0.0493. The van der Waals surface area contributed by atoms with Crippen LogP contribution < -0.4 is 0 Å². The molecule has 0 fully saturated rings. The second-order valence-corrected chi connectivity index (χ2v) is 15.1. The standard InChI is InChI=1S/C25H44O4Si/c1-18(2)21-15-19(3)16-23(28-17-27-8)24(21)20(4)22(26)13-11-12-14-29-30(9,10)25(5,6)7/h16,20-24,26H,1,12,14-15,17H2,2-10H3/t20?,21-,22?,23+,24?/m0/s1. The van der Waals surface area contributed by atoms with E-state index in [4.69, 9.17) is 13.9 Å². The molecule has 0 amide bonds. The lowest BCUT2D eigenvalue weighted by atomic mass is 9.68. The molecule has 0 radical (unpaired) electrons. The fraction of sp³-hybridized carbons (Fsp3) is 0.760. The van der Waals surface area contributed by atoms with Crippen LogP contribution >= 0.6 is 0 Å². The average Bonchev–Trinajstić information content (AvgIpc) is 2.63. The molecule has 1 N–H and O–H groups in total. The summed E-state index contributed by atoms with van der Waals surface area (Å²) in [6, 6.07) is 0. The van der Waals surface area contributed by atoms with Crippen LogP contribution in [-0.4, -0.2) is 46.1 Å². The van der Waals surface area contributed by atoms with Gasteiger partial charge >= 0.3 is 0 Å². The maximum atomic E-state index is 10.8. The van der Waals surface area contributed by atoms with E-state index in [2.05, 4.69) is 79.1 Å². The molecule has 0 aromatic carbocycles. The number of aliphatic hydroxyl groups excluding tert-OH is 1. The van der Waals surface area contributed by atoms with Gasteiger partial charge in [-0.1, -0.05) is 63.3 Å². The molecule has 0 bridgehead atoms. The molecule has 30 heavy (non-hydrogen) atoms. The van der Waals surface area contributed by atoms with Gasteiger partial charge in [-0.3, -0.25) is 0 Å². The van der Waals surface area contributed by atoms with Gasteiger partial charge in [0.05, 0.1) is 6.10 Å². The highest BCUT2D eigenvalue weighted by Gasteiger charge is 2.39. The van der Waals surface area contributed by atoms with E-state index in [9.17, 15) is 5.11 Å². The molecule has 0 spiro atoms. The molecule has 0 aromatic heterocycles. The van der Waals surface area contributed by atoms with Gasteiger partial charge in [-0.25, -0.2) is 0 Å². The molecule has 1 rings (SSSR count). The summed E-state index contributed by atoms with van der Waals surface area (Å²) in [4.78, 5) is 0. The molecule has 0 saturated heterocycles. The van der Waals surface area contributed by atoms with Gasteiger partial charge < -0.3 is 19.0 Å². The van der Waals surface area contributed by atoms with E-state index in [1.165, 1.54) is 5.57 Å². The Morgan fingerprint density at radius 2 is 2.00 bits per heavy atom. The highest BCUT2D eigenvalue weighted by Crippen LogP contribution is 2.41. The first-order valence-electron chi connectivity index (χ1n) is 11.1. The molecule has 5 heteroatoms. The van der Waals surface area contributed by atoms with E-state index in [0.717, 1.165) is 12.0 Å². The number of rotatable bonds is 9. The zero-order valence-electron chi connectivity index (χ0n) is 20.7. The van der Waals surface area contributed by atoms with Crippen molar-refractivity contribution in [2.24, 2.45) is 17.8 Å². The Morgan fingerprint density at radius 3 is 2.53 bits per heavy atom. The van der Waals surface area contributed by atoms with Crippen LogP contribution in [0.4, 0.5) is 0 Å². The van der Waals surface area contributed by atoms with Crippen molar-refractivity contribution in [2.45, 2.75) is 84.7 Å². The summed E-state index contributed by atoms with van der Waals surface area (Å²) < 4.78 is 17.3. The number of aliphatic hydroxyl groups is 1. The van der Waals surface area contributed by atoms with Crippen LogP contribution in [0.15, 0.2) is 23.8 Å². The van der Waals surface area contributed by atoms with Gasteiger partial charge in [0.2, 0.25) is 0 Å². The number of allylic oxidation sites excluding steroid dienone is 2. The third-order valence-electron chi connectivity index (χ3n) is 6.70. The zero-order chi connectivity index (χ0) is 23.1. The Bertz CT molecular complexity index is 650. The predicted octanol–water partition coefficient (Wildman–Crippen LogP) is 5.55. The van der Waals surface area contributed by atoms with Crippen LogP contribution in [0, 0.1) is 29.6 Å². The molecule has 1 aliphatic rings. The van der Waals surface area contributed by atoms with Crippen LogP contribution in [0.1, 0.15) is 54.4 Å². The van der Waals surface area contributed by atoms with Crippen molar-refractivity contribution in [1.82, 2.24) is 0 Å². The first kappa shape index (κ1) is 27.1. The number of methoxy groups -OCH3 is 1. The van der Waals surface area contributed by atoms with Crippen LogP contribution in [0.2, 0.25) is 18.1 Å². The molecular weight excluding hydrogens is 392 g/mol.